The van der Waals surface area contributed by atoms with Gasteiger partial charge in [0.05, 0.1) is 0 Å². The van der Waals surface area contributed by atoms with Crippen LogP contribution in [0.5, 0.6) is 0 Å². The van der Waals surface area contributed by atoms with Crippen LogP contribution in [0.2, 0.25) is 0 Å². The van der Waals surface area contributed by atoms with E-state index in [-0.39, 0.29) is 0 Å². The highest BCUT2D eigenvalue weighted by Gasteiger charge is 1.94. The van der Waals surface area contributed by atoms with E-state index < -0.39 is 0 Å². The van der Waals surface area contributed by atoms with Gasteiger partial charge in [0.15, 0.2) is 0 Å². The molecule has 0 aromatic heterocycles. The standard InChI is InChI=1S/C15H23N/c1-4-14-8-5-6-9-15(14)10-7-11-16-12-13(2)3/h5-10,13,16H,4,11-12H2,1-3H3. The van der Waals surface area contributed by atoms with Gasteiger partial charge in [0.25, 0.3) is 0 Å². The molecule has 88 valence electrons. The number of hydrogen-bond donors (Lipinski definition) is 1. The maximum atomic E-state index is 3.41. The summed E-state index contributed by atoms with van der Waals surface area (Å²) in [6, 6.07) is 8.58. The molecule has 0 amide bonds. The van der Waals surface area contributed by atoms with Crippen LogP contribution in [0.1, 0.15) is 31.9 Å². The first-order valence-electron chi connectivity index (χ1n) is 6.19. The summed E-state index contributed by atoms with van der Waals surface area (Å²) in [4.78, 5) is 0. The zero-order chi connectivity index (χ0) is 11.8. The Bertz CT molecular complexity index is 326. The van der Waals surface area contributed by atoms with Crippen molar-refractivity contribution in [1.29, 1.82) is 0 Å². The van der Waals surface area contributed by atoms with Crippen LogP contribution in [-0.4, -0.2) is 13.1 Å². The lowest BCUT2D eigenvalue weighted by atomic mass is 10.1. The Morgan fingerprint density at radius 2 is 2.00 bits per heavy atom. The molecule has 0 saturated carbocycles. The van der Waals surface area contributed by atoms with Crippen molar-refractivity contribution in [2.75, 3.05) is 13.1 Å². The van der Waals surface area contributed by atoms with Gasteiger partial charge in [0, 0.05) is 6.54 Å². The summed E-state index contributed by atoms with van der Waals surface area (Å²) in [6.07, 6.45) is 5.52. The quantitative estimate of drug-likeness (QED) is 0.719. The number of nitrogens with one attached hydrogen (secondary N) is 1. The van der Waals surface area contributed by atoms with Crippen LogP contribution in [0.25, 0.3) is 6.08 Å². The first-order valence-corrected chi connectivity index (χ1v) is 6.19. The number of aryl methyl sites for hydroxylation is 1. The Labute approximate surface area is 99.6 Å². The SMILES string of the molecule is CCc1ccccc1C=CCNCC(C)C. The maximum Gasteiger partial charge on any atom is 0.0138 e. The lowest BCUT2D eigenvalue weighted by molar-refractivity contribution is 0.577. The van der Waals surface area contributed by atoms with Crippen molar-refractivity contribution in [3.63, 3.8) is 0 Å². The van der Waals surface area contributed by atoms with Crippen LogP contribution < -0.4 is 5.32 Å². The van der Waals surface area contributed by atoms with Crippen molar-refractivity contribution in [2.24, 2.45) is 5.92 Å². The lowest BCUT2D eigenvalue weighted by Gasteiger charge is -2.05. The highest BCUT2D eigenvalue weighted by Crippen LogP contribution is 2.10. The lowest BCUT2D eigenvalue weighted by Crippen LogP contribution is -2.19. The molecule has 0 unspecified atom stereocenters. The maximum absolute atomic E-state index is 3.41. The van der Waals surface area contributed by atoms with Crippen molar-refractivity contribution in [2.45, 2.75) is 27.2 Å². The first kappa shape index (κ1) is 13.0. The smallest absolute Gasteiger partial charge is 0.0138 e. The third kappa shape index (κ3) is 4.63. The van der Waals surface area contributed by atoms with Gasteiger partial charge in [-0.3, -0.25) is 0 Å². The highest BCUT2D eigenvalue weighted by molar-refractivity contribution is 5.53. The van der Waals surface area contributed by atoms with E-state index in [2.05, 4.69) is 62.5 Å². The van der Waals surface area contributed by atoms with Crippen molar-refractivity contribution < 1.29 is 0 Å². The molecule has 0 aliphatic carbocycles. The Balaban J connectivity index is 2.43. The molecule has 0 aliphatic heterocycles. The van der Waals surface area contributed by atoms with E-state index in [1.807, 2.05) is 0 Å². The summed E-state index contributed by atoms with van der Waals surface area (Å²) in [6.45, 7) is 8.69. The second kappa shape index (κ2) is 7.24. The van der Waals surface area contributed by atoms with Gasteiger partial charge in [-0.05, 0) is 30.0 Å². The molecule has 1 aromatic carbocycles. The topological polar surface area (TPSA) is 12.0 Å². The molecule has 0 aliphatic rings. The van der Waals surface area contributed by atoms with E-state index in [1.54, 1.807) is 0 Å². The van der Waals surface area contributed by atoms with E-state index in [0.717, 1.165) is 25.4 Å². The van der Waals surface area contributed by atoms with E-state index in [1.165, 1.54) is 11.1 Å². The number of benzene rings is 1. The molecule has 0 radical (unpaired) electrons. The highest BCUT2D eigenvalue weighted by atomic mass is 14.8. The fourth-order valence-corrected chi connectivity index (χ4v) is 1.66. The molecule has 0 fully saturated rings. The third-order valence-corrected chi connectivity index (χ3v) is 2.55. The molecule has 0 spiro atoms. The number of rotatable bonds is 6. The molecule has 1 nitrogen and oxygen atoms in total. The second-order valence-corrected chi connectivity index (χ2v) is 4.51. The molecule has 0 atom stereocenters. The molecule has 0 saturated heterocycles. The normalized spacial score (nSPS) is 11.5. The first-order chi connectivity index (χ1) is 7.74. The fraction of sp³-hybridized carbons (Fsp3) is 0.467. The van der Waals surface area contributed by atoms with Gasteiger partial charge in [-0.2, -0.15) is 0 Å². The van der Waals surface area contributed by atoms with Crippen LogP contribution in [0, 0.1) is 5.92 Å². The van der Waals surface area contributed by atoms with E-state index in [4.69, 9.17) is 0 Å². The largest absolute Gasteiger partial charge is 0.313 e. The zero-order valence-corrected chi connectivity index (χ0v) is 10.7. The van der Waals surface area contributed by atoms with Crippen LogP contribution >= 0.6 is 0 Å². The fourth-order valence-electron chi connectivity index (χ4n) is 1.66. The predicted octanol–water partition coefficient (Wildman–Crippen LogP) is 3.51. The van der Waals surface area contributed by atoms with Gasteiger partial charge in [-0.1, -0.05) is 57.2 Å². The van der Waals surface area contributed by atoms with E-state index in [0.29, 0.717) is 0 Å². The molecule has 1 N–H and O–H groups in total. The van der Waals surface area contributed by atoms with Gasteiger partial charge in [-0.15, -0.1) is 0 Å². The van der Waals surface area contributed by atoms with E-state index >= 15 is 0 Å². The van der Waals surface area contributed by atoms with Gasteiger partial charge in [0.1, 0.15) is 0 Å². The molecule has 1 rings (SSSR count). The summed E-state index contributed by atoms with van der Waals surface area (Å²) in [5, 5.41) is 3.41. The summed E-state index contributed by atoms with van der Waals surface area (Å²) in [5.74, 6) is 0.719. The van der Waals surface area contributed by atoms with Crippen molar-refractivity contribution in [1.82, 2.24) is 5.32 Å². The monoisotopic (exact) mass is 217 g/mol. The zero-order valence-electron chi connectivity index (χ0n) is 10.7. The molecule has 1 heteroatoms. The van der Waals surface area contributed by atoms with Crippen LogP contribution in [-0.2, 0) is 6.42 Å². The molecular weight excluding hydrogens is 194 g/mol. The minimum atomic E-state index is 0.719. The molecule has 16 heavy (non-hydrogen) atoms. The molecular formula is C15H23N. The van der Waals surface area contributed by atoms with Crippen molar-refractivity contribution >= 4 is 6.08 Å². The summed E-state index contributed by atoms with van der Waals surface area (Å²) < 4.78 is 0. The minimum Gasteiger partial charge on any atom is -0.313 e. The summed E-state index contributed by atoms with van der Waals surface area (Å²) in [7, 11) is 0. The third-order valence-electron chi connectivity index (χ3n) is 2.55. The Kier molecular flexibility index (Phi) is 5.87. The van der Waals surface area contributed by atoms with Crippen LogP contribution in [0.4, 0.5) is 0 Å². The van der Waals surface area contributed by atoms with Gasteiger partial charge >= 0.3 is 0 Å². The van der Waals surface area contributed by atoms with Crippen molar-refractivity contribution in [3.05, 3.63) is 41.5 Å². The second-order valence-electron chi connectivity index (χ2n) is 4.51. The molecule has 1 aromatic rings. The summed E-state index contributed by atoms with van der Waals surface area (Å²) >= 11 is 0. The Morgan fingerprint density at radius 3 is 2.69 bits per heavy atom. The van der Waals surface area contributed by atoms with Gasteiger partial charge in [-0.25, -0.2) is 0 Å². The van der Waals surface area contributed by atoms with Crippen LogP contribution in [0.3, 0.4) is 0 Å². The summed E-state index contributed by atoms with van der Waals surface area (Å²) in [5.41, 5.74) is 2.76. The van der Waals surface area contributed by atoms with Gasteiger partial charge in [0.2, 0.25) is 0 Å². The number of hydrogen-bond acceptors (Lipinski definition) is 1. The Morgan fingerprint density at radius 1 is 1.25 bits per heavy atom. The van der Waals surface area contributed by atoms with Crippen LogP contribution in [0.15, 0.2) is 30.3 Å². The molecule has 0 heterocycles. The van der Waals surface area contributed by atoms with E-state index in [9.17, 15) is 0 Å². The average Bonchev–Trinajstić information content (AvgIpc) is 2.29. The minimum absolute atomic E-state index is 0.719. The molecule has 0 bridgehead atoms. The van der Waals surface area contributed by atoms with Gasteiger partial charge < -0.3 is 5.32 Å². The van der Waals surface area contributed by atoms with Crippen molar-refractivity contribution in [3.8, 4) is 0 Å². The predicted molar refractivity (Wildman–Crippen MR) is 72.6 cm³/mol. The average molecular weight is 217 g/mol. The Hall–Kier alpha value is -1.08.